The molecule has 0 fully saturated rings. The third kappa shape index (κ3) is 4.96. The van der Waals surface area contributed by atoms with E-state index in [9.17, 15) is 4.79 Å². The maximum atomic E-state index is 11.1. The standard InChI is InChI=1S/C9H19NO/c1-5-8(11)6-9(2,3)7-10-4/h10H,5-7H2,1-4H3. The van der Waals surface area contributed by atoms with Gasteiger partial charge < -0.3 is 5.32 Å². The van der Waals surface area contributed by atoms with Crippen molar-refractivity contribution in [1.29, 1.82) is 0 Å². The average Bonchev–Trinajstić information content (AvgIpc) is 1.86. The van der Waals surface area contributed by atoms with Crippen LogP contribution in [-0.4, -0.2) is 19.4 Å². The van der Waals surface area contributed by atoms with Crippen LogP contribution >= 0.6 is 0 Å². The van der Waals surface area contributed by atoms with E-state index in [1.807, 2.05) is 14.0 Å². The minimum atomic E-state index is 0.113. The summed E-state index contributed by atoms with van der Waals surface area (Å²) in [5.41, 5.74) is 0.113. The molecule has 66 valence electrons. The molecule has 0 rings (SSSR count). The number of Topliss-reactive ketones (excluding diaryl/α,β-unsaturated/α-hetero) is 1. The van der Waals surface area contributed by atoms with Gasteiger partial charge >= 0.3 is 0 Å². The van der Waals surface area contributed by atoms with E-state index >= 15 is 0 Å². The van der Waals surface area contributed by atoms with Gasteiger partial charge in [-0.25, -0.2) is 0 Å². The van der Waals surface area contributed by atoms with Crippen molar-refractivity contribution in [2.75, 3.05) is 13.6 Å². The fourth-order valence-corrected chi connectivity index (χ4v) is 1.20. The van der Waals surface area contributed by atoms with E-state index in [0.29, 0.717) is 18.6 Å². The molecule has 0 aliphatic carbocycles. The lowest BCUT2D eigenvalue weighted by molar-refractivity contribution is -0.120. The van der Waals surface area contributed by atoms with Gasteiger partial charge in [-0.3, -0.25) is 4.79 Å². The summed E-state index contributed by atoms with van der Waals surface area (Å²) in [4.78, 5) is 11.1. The molecule has 0 aromatic carbocycles. The Balaban J connectivity index is 3.80. The van der Waals surface area contributed by atoms with Gasteiger partial charge in [0.2, 0.25) is 0 Å². The van der Waals surface area contributed by atoms with Crippen molar-refractivity contribution in [3.63, 3.8) is 0 Å². The lowest BCUT2D eigenvalue weighted by atomic mass is 9.87. The van der Waals surface area contributed by atoms with Crippen LogP contribution in [0.25, 0.3) is 0 Å². The van der Waals surface area contributed by atoms with Crippen LogP contribution in [0.4, 0.5) is 0 Å². The van der Waals surface area contributed by atoms with Crippen LogP contribution < -0.4 is 5.32 Å². The van der Waals surface area contributed by atoms with Gasteiger partial charge in [-0.15, -0.1) is 0 Å². The van der Waals surface area contributed by atoms with Crippen molar-refractivity contribution in [3.8, 4) is 0 Å². The minimum Gasteiger partial charge on any atom is -0.319 e. The van der Waals surface area contributed by atoms with Gasteiger partial charge in [-0.1, -0.05) is 20.8 Å². The Morgan fingerprint density at radius 3 is 2.36 bits per heavy atom. The molecule has 0 bridgehead atoms. The molecule has 1 N–H and O–H groups in total. The Hall–Kier alpha value is -0.370. The van der Waals surface area contributed by atoms with E-state index in [0.717, 1.165) is 6.54 Å². The first-order valence-electron chi connectivity index (χ1n) is 4.18. The van der Waals surface area contributed by atoms with Crippen LogP contribution in [0.1, 0.15) is 33.6 Å². The first-order valence-corrected chi connectivity index (χ1v) is 4.18. The van der Waals surface area contributed by atoms with Gasteiger partial charge in [0.05, 0.1) is 0 Å². The van der Waals surface area contributed by atoms with Crippen LogP contribution in [0.5, 0.6) is 0 Å². The number of hydrogen-bond acceptors (Lipinski definition) is 2. The Morgan fingerprint density at radius 2 is 2.00 bits per heavy atom. The zero-order chi connectivity index (χ0) is 8.91. The van der Waals surface area contributed by atoms with Crippen LogP contribution in [0.15, 0.2) is 0 Å². The third-order valence-electron chi connectivity index (χ3n) is 1.73. The SMILES string of the molecule is CCC(=O)CC(C)(C)CNC. The van der Waals surface area contributed by atoms with Crippen LogP contribution in [0.2, 0.25) is 0 Å². The smallest absolute Gasteiger partial charge is 0.133 e. The second kappa shape index (κ2) is 4.50. The molecule has 0 amide bonds. The van der Waals surface area contributed by atoms with Gasteiger partial charge in [0.25, 0.3) is 0 Å². The maximum Gasteiger partial charge on any atom is 0.133 e. The highest BCUT2D eigenvalue weighted by atomic mass is 16.1. The van der Waals surface area contributed by atoms with Crippen molar-refractivity contribution >= 4 is 5.78 Å². The molecule has 0 aromatic heterocycles. The number of ketones is 1. The normalized spacial score (nSPS) is 11.6. The number of rotatable bonds is 5. The van der Waals surface area contributed by atoms with Gasteiger partial charge in [0.1, 0.15) is 5.78 Å². The number of carbonyl (C=O) groups is 1. The Morgan fingerprint density at radius 1 is 1.45 bits per heavy atom. The zero-order valence-electron chi connectivity index (χ0n) is 8.03. The van der Waals surface area contributed by atoms with Crippen molar-refractivity contribution in [2.24, 2.45) is 5.41 Å². The fraction of sp³-hybridized carbons (Fsp3) is 0.889. The molecule has 0 radical (unpaired) electrons. The minimum absolute atomic E-state index is 0.113. The van der Waals surface area contributed by atoms with Crippen molar-refractivity contribution in [2.45, 2.75) is 33.6 Å². The molecule has 2 nitrogen and oxygen atoms in total. The summed E-state index contributed by atoms with van der Waals surface area (Å²) in [5, 5.41) is 3.09. The maximum absolute atomic E-state index is 11.1. The summed E-state index contributed by atoms with van der Waals surface area (Å²) in [5.74, 6) is 0.352. The molecule has 11 heavy (non-hydrogen) atoms. The highest BCUT2D eigenvalue weighted by molar-refractivity contribution is 5.78. The molecule has 0 unspecified atom stereocenters. The molecule has 2 heteroatoms. The van der Waals surface area contributed by atoms with E-state index in [4.69, 9.17) is 0 Å². The van der Waals surface area contributed by atoms with Crippen LogP contribution in [0.3, 0.4) is 0 Å². The summed E-state index contributed by atoms with van der Waals surface area (Å²) in [6.07, 6.45) is 1.34. The summed E-state index contributed by atoms with van der Waals surface area (Å²) in [7, 11) is 1.91. The third-order valence-corrected chi connectivity index (χ3v) is 1.73. The summed E-state index contributed by atoms with van der Waals surface area (Å²) in [6.45, 7) is 7.03. The van der Waals surface area contributed by atoms with Gasteiger partial charge in [-0.05, 0) is 12.5 Å². The molecular formula is C9H19NO. The van der Waals surface area contributed by atoms with Gasteiger partial charge in [-0.2, -0.15) is 0 Å². The Kier molecular flexibility index (Phi) is 4.34. The Labute approximate surface area is 69.4 Å². The quantitative estimate of drug-likeness (QED) is 0.656. The average molecular weight is 157 g/mol. The number of nitrogens with one attached hydrogen (secondary N) is 1. The van der Waals surface area contributed by atoms with Crippen LogP contribution in [0, 0.1) is 5.41 Å². The molecule has 0 saturated carbocycles. The van der Waals surface area contributed by atoms with Gasteiger partial charge in [0.15, 0.2) is 0 Å². The predicted molar refractivity (Wildman–Crippen MR) is 47.6 cm³/mol. The topological polar surface area (TPSA) is 29.1 Å². The van der Waals surface area contributed by atoms with E-state index in [2.05, 4.69) is 19.2 Å². The molecule has 0 spiro atoms. The molecule has 0 saturated heterocycles. The van der Waals surface area contributed by atoms with E-state index in [1.165, 1.54) is 0 Å². The van der Waals surface area contributed by atoms with Crippen molar-refractivity contribution in [1.82, 2.24) is 5.32 Å². The fourth-order valence-electron chi connectivity index (χ4n) is 1.20. The number of carbonyl (C=O) groups excluding carboxylic acids is 1. The molecule has 0 atom stereocenters. The Bertz CT molecular complexity index is 130. The second-order valence-electron chi connectivity index (χ2n) is 3.76. The molecule has 0 aliphatic heterocycles. The number of hydrogen-bond donors (Lipinski definition) is 1. The first-order chi connectivity index (χ1) is 5.02. The van der Waals surface area contributed by atoms with E-state index < -0.39 is 0 Å². The summed E-state index contributed by atoms with van der Waals surface area (Å²) < 4.78 is 0. The first kappa shape index (κ1) is 10.6. The second-order valence-corrected chi connectivity index (χ2v) is 3.76. The van der Waals surface area contributed by atoms with Crippen molar-refractivity contribution < 1.29 is 4.79 Å². The highest BCUT2D eigenvalue weighted by Crippen LogP contribution is 2.19. The lowest BCUT2D eigenvalue weighted by Gasteiger charge is -2.22. The van der Waals surface area contributed by atoms with E-state index in [-0.39, 0.29) is 5.41 Å². The summed E-state index contributed by atoms with van der Waals surface area (Å²) >= 11 is 0. The lowest BCUT2D eigenvalue weighted by Crippen LogP contribution is -2.28. The molecule has 0 aliphatic rings. The zero-order valence-corrected chi connectivity index (χ0v) is 8.03. The summed E-state index contributed by atoms with van der Waals surface area (Å²) in [6, 6.07) is 0. The largest absolute Gasteiger partial charge is 0.319 e. The van der Waals surface area contributed by atoms with Crippen molar-refractivity contribution in [3.05, 3.63) is 0 Å². The molecule has 0 heterocycles. The van der Waals surface area contributed by atoms with Crippen LogP contribution in [-0.2, 0) is 4.79 Å². The molecule has 0 aromatic rings. The molecular weight excluding hydrogens is 138 g/mol. The van der Waals surface area contributed by atoms with E-state index in [1.54, 1.807) is 0 Å². The van der Waals surface area contributed by atoms with Gasteiger partial charge in [0, 0.05) is 19.4 Å². The monoisotopic (exact) mass is 157 g/mol. The highest BCUT2D eigenvalue weighted by Gasteiger charge is 2.19. The predicted octanol–water partition coefficient (Wildman–Crippen LogP) is 1.60.